The van der Waals surface area contributed by atoms with Gasteiger partial charge in [-0.1, -0.05) is 24.3 Å². The van der Waals surface area contributed by atoms with Gasteiger partial charge in [0.2, 0.25) is 0 Å². The summed E-state index contributed by atoms with van der Waals surface area (Å²) in [6.07, 6.45) is 3.92. The molecule has 1 amide bonds. The molecule has 24 heavy (non-hydrogen) atoms. The van der Waals surface area contributed by atoms with Gasteiger partial charge in [-0.25, -0.2) is 0 Å². The Morgan fingerprint density at radius 3 is 2.92 bits per heavy atom. The van der Waals surface area contributed by atoms with Crippen molar-refractivity contribution in [2.24, 2.45) is 0 Å². The first-order valence-electron chi connectivity index (χ1n) is 8.80. The van der Waals surface area contributed by atoms with Crippen molar-refractivity contribution >= 4 is 22.4 Å². The topological polar surface area (TPSA) is 47.6 Å². The van der Waals surface area contributed by atoms with Crippen LogP contribution in [-0.2, 0) is 27.1 Å². The minimum absolute atomic E-state index is 0.105. The van der Waals surface area contributed by atoms with Gasteiger partial charge >= 0.3 is 0 Å². The van der Waals surface area contributed by atoms with E-state index in [-0.39, 0.29) is 12.0 Å². The van der Waals surface area contributed by atoms with Gasteiger partial charge in [-0.15, -0.1) is 0 Å². The van der Waals surface area contributed by atoms with Crippen molar-refractivity contribution in [2.75, 3.05) is 18.5 Å². The number of hydrogen-bond donors (Lipinski definition) is 1. The Morgan fingerprint density at radius 1 is 1.29 bits per heavy atom. The van der Waals surface area contributed by atoms with E-state index in [9.17, 15) is 4.79 Å². The molecule has 0 spiro atoms. The molecule has 0 aromatic heterocycles. The molecule has 2 aromatic rings. The Morgan fingerprint density at radius 2 is 2.12 bits per heavy atom. The third-order valence-electron chi connectivity index (χ3n) is 5.06. The van der Waals surface area contributed by atoms with E-state index in [1.54, 1.807) is 6.92 Å². The van der Waals surface area contributed by atoms with E-state index in [1.807, 2.05) is 6.07 Å². The number of hydrogen-bond acceptors (Lipinski definition) is 3. The van der Waals surface area contributed by atoms with Crippen LogP contribution in [0.25, 0.3) is 10.8 Å². The fourth-order valence-electron chi connectivity index (χ4n) is 3.69. The predicted octanol–water partition coefficient (Wildman–Crippen LogP) is 3.46. The molecule has 1 N–H and O–H groups in total. The average Bonchev–Trinajstić information content (AvgIpc) is 3.26. The first-order chi connectivity index (χ1) is 11.7. The van der Waals surface area contributed by atoms with Gasteiger partial charge in [0.25, 0.3) is 5.91 Å². The molecular formula is C20H23NO3. The molecule has 0 unspecified atom stereocenters. The summed E-state index contributed by atoms with van der Waals surface area (Å²) in [6.45, 7) is 3.08. The molecule has 2 aliphatic rings. The average molecular weight is 325 g/mol. The molecule has 0 radical (unpaired) electrons. The van der Waals surface area contributed by atoms with Crippen molar-refractivity contribution in [3.8, 4) is 0 Å². The molecule has 4 heteroatoms. The fourth-order valence-corrected chi connectivity index (χ4v) is 3.69. The largest absolute Gasteiger partial charge is 0.376 e. The van der Waals surface area contributed by atoms with E-state index in [4.69, 9.17) is 9.47 Å². The van der Waals surface area contributed by atoms with Crippen LogP contribution in [0.5, 0.6) is 0 Å². The summed E-state index contributed by atoms with van der Waals surface area (Å²) in [5.74, 6) is -0.105. The van der Waals surface area contributed by atoms with Crippen molar-refractivity contribution in [1.29, 1.82) is 0 Å². The number of anilines is 1. The van der Waals surface area contributed by atoms with Crippen LogP contribution < -0.4 is 5.32 Å². The fraction of sp³-hybridized carbons (Fsp3) is 0.450. The van der Waals surface area contributed by atoms with Gasteiger partial charge < -0.3 is 14.8 Å². The third kappa shape index (κ3) is 2.92. The summed E-state index contributed by atoms with van der Waals surface area (Å²) in [6, 6.07) is 10.5. The van der Waals surface area contributed by atoms with Crippen LogP contribution >= 0.6 is 0 Å². The number of rotatable bonds is 5. The van der Waals surface area contributed by atoms with E-state index in [1.165, 1.54) is 16.5 Å². The SMILES string of the molecule is C[C@H](OC[C@H]1CCCO1)C(=O)Nc1ccc2c3c(cccc13)CC2. The van der Waals surface area contributed by atoms with E-state index in [0.29, 0.717) is 6.61 Å². The lowest BCUT2D eigenvalue weighted by Crippen LogP contribution is -2.30. The first-order valence-corrected chi connectivity index (χ1v) is 8.80. The summed E-state index contributed by atoms with van der Waals surface area (Å²) in [5, 5.41) is 5.47. The Bertz CT molecular complexity index is 755. The highest BCUT2D eigenvalue weighted by Gasteiger charge is 2.21. The van der Waals surface area contributed by atoms with Crippen LogP contribution in [-0.4, -0.2) is 31.3 Å². The number of ether oxygens (including phenoxy) is 2. The number of amides is 1. The smallest absolute Gasteiger partial charge is 0.253 e. The Labute approximate surface area is 142 Å². The minimum Gasteiger partial charge on any atom is -0.376 e. The first kappa shape index (κ1) is 15.6. The molecule has 1 saturated heterocycles. The number of carbonyl (C=O) groups excluding carboxylic acids is 1. The normalized spacial score (nSPS) is 20.5. The van der Waals surface area contributed by atoms with Crippen molar-refractivity contribution in [3.05, 3.63) is 41.5 Å². The predicted molar refractivity (Wildman–Crippen MR) is 94.4 cm³/mol. The van der Waals surface area contributed by atoms with Gasteiger partial charge in [0.1, 0.15) is 6.10 Å². The molecule has 1 aliphatic heterocycles. The molecule has 0 saturated carbocycles. The van der Waals surface area contributed by atoms with Crippen molar-refractivity contribution < 1.29 is 14.3 Å². The second kappa shape index (κ2) is 6.54. The molecular weight excluding hydrogens is 302 g/mol. The van der Waals surface area contributed by atoms with Gasteiger partial charge in [0.05, 0.1) is 12.7 Å². The van der Waals surface area contributed by atoms with Crippen LogP contribution in [0.3, 0.4) is 0 Å². The van der Waals surface area contributed by atoms with Crippen LogP contribution in [0.15, 0.2) is 30.3 Å². The van der Waals surface area contributed by atoms with Crippen LogP contribution in [0.4, 0.5) is 5.69 Å². The van der Waals surface area contributed by atoms with Gasteiger partial charge in [-0.05, 0) is 55.2 Å². The van der Waals surface area contributed by atoms with Gasteiger partial charge in [-0.3, -0.25) is 4.79 Å². The summed E-state index contributed by atoms with van der Waals surface area (Å²) in [7, 11) is 0. The Kier molecular flexibility index (Phi) is 4.25. The molecule has 4 rings (SSSR count). The summed E-state index contributed by atoms with van der Waals surface area (Å²) in [4.78, 5) is 12.5. The third-order valence-corrected chi connectivity index (χ3v) is 5.06. The van der Waals surface area contributed by atoms with Crippen LogP contribution in [0.2, 0.25) is 0 Å². The van der Waals surface area contributed by atoms with Gasteiger partial charge in [0.15, 0.2) is 0 Å². The number of aryl methyl sites for hydroxylation is 2. The maximum atomic E-state index is 12.5. The van der Waals surface area contributed by atoms with Crippen LogP contribution in [0, 0.1) is 0 Å². The lowest BCUT2D eigenvalue weighted by molar-refractivity contribution is -0.128. The molecule has 126 valence electrons. The monoisotopic (exact) mass is 325 g/mol. The quantitative estimate of drug-likeness (QED) is 0.916. The highest BCUT2D eigenvalue weighted by molar-refractivity contribution is 6.05. The summed E-state index contributed by atoms with van der Waals surface area (Å²) < 4.78 is 11.2. The number of carbonyl (C=O) groups is 1. The van der Waals surface area contributed by atoms with E-state index in [2.05, 4.69) is 29.6 Å². The Hall–Kier alpha value is -1.91. The number of nitrogens with one attached hydrogen (secondary N) is 1. The zero-order valence-corrected chi connectivity index (χ0v) is 14.0. The molecule has 1 fully saturated rings. The molecule has 2 aromatic carbocycles. The zero-order chi connectivity index (χ0) is 16.5. The molecule has 1 aliphatic carbocycles. The van der Waals surface area contributed by atoms with Crippen LogP contribution in [0.1, 0.15) is 30.9 Å². The lowest BCUT2D eigenvalue weighted by atomic mass is 10.0. The highest BCUT2D eigenvalue weighted by atomic mass is 16.5. The standard InChI is InChI=1S/C20H23NO3/c1-13(24-12-16-5-3-11-23-16)20(22)21-18-10-9-15-8-7-14-4-2-6-17(18)19(14)15/h2,4,6,9-10,13,16H,3,5,7-8,11-12H2,1H3,(H,21,22)/t13-,16+/m0/s1. The van der Waals surface area contributed by atoms with E-state index < -0.39 is 6.10 Å². The minimum atomic E-state index is -0.489. The molecule has 4 nitrogen and oxygen atoms in total. The second-order valence-corrected chi connectivity index (χ2v) is 6.71. The number of benzene rings is 2. The molecule has 2 atom stereocenters. The van der Waals surface area contributed by atoms with Crippen molar-refractivity contribution in [2.45, 2.75) is 44.8 Å². The van der Waals surface area contributed by atoms with Crippen molar-refractivity contribution in [3.63, 3.8) is 0 Å². The van der Waals surface area contributed by atoms with Crippen molar-refractivity contribution in [1.82, 2.24) is 0 Å². The molecule has 1 heterocycles. The molecule has 0 bridgehead atoms. The maximum Gasteiger partial charge on any atom is 0.253 e. The highest BCUT2D eigenvalue weighted by Crippen LogP contribution is 2.35. The van der Waals surface area contributed by atoms with Gasteiger partial charge in [0, 0.05) is 17.7 Å². The van der Waals surface area contributed by atoms with E-state index >= 15 is 0 Å². The zero-order valence-electron chi connectivity index (χ0n) is 14.0. The maximum absolute atomic E-state index is 12.5. The summed E-state index contributed by atoms with van der Waals surface area (Å²) in [5.41, 5.74) is 3.62. The van der Waals surface area contributed by atoms with Gasteiger partial charge in [-0.2, -0.15) is 0 Å². The summed E-state index contributed by atoms with van der Waals surface area (Å²) >= 11 is 0. The Balaban J connectivity index is 1.47. The lowest BCUT2D eigenvalue weighted by Gasteiger charge is -2.17. The van der Waals surface area contributed by atoms with E-state index in [0.717, 1.165) is 43.4 Å². The second-order valence-electron chi connectivity index (χ2n) is 6.71.